The van der Waals surface area contributed by atoms with Crippen LogP contribution < -0.4 is 14.8 Å². The van der Waals surface area contributed by atoms with Gasteiger partial charge in [-0.2, -0.15) is 0 Å². The summed E-state index contributed by atoms with van der Waals surface area (Å²) < 4.78 is 8.90. The molecule has 0 N–H and O–H groups in total. The Morgan fingerprint density at radius 2 is 1.47 bits per heavy atom. The Morgan fingerprint density at radius 3 is 2.30 bits per heavy atom. The molecular weight excluding hydrogens is 593 g/mol. The fourth-order valence-electron chi connectivity index (χ4n) is 6.97. The Labute approximate surface area is 277 Å². The molecule has 47 heavy (non-hydrogen) atoms. The van der Waals surface area contributed by atoms with Crippen LogP contribution in [0, 0.1) is 13.8 Å². The molecule has 8 rings (SSSR count). The number of aromatic nitrogens is 2. The molecule has 2 aliphatic heterocycles. The van der Waals surface area contributed by atoms with Crippen molar-refractivity contribution in [2.45, 2.75) is 39.7 Å². The van der Waals surface area contributed by atoms with Crippen molar-refractivity contribution in [1.29, 1.82) is 0 Å². The summed E-state index contributed by atoms with van der Waals surface area (Å²) in [6.07, 6.45) is 12.9. The lowest BCUT2D eigenvalue weighted by Crippen LogP contribution is -2.37. The van der Waals surface area contributed by atoms with Crippen LogP contribution in [0.25, 0.3) is 33.3 Å². The number of hydrogen-bond acceptors (Lipinski definition) is 4. The molecule has 2 aliphatic rings. The van der Waals surface area contributed by atoms with Gasteiger partial charge in [0.1, 0.15) is 23.5 Å². The van der Waals surface area contributed by atoms with Crippen molar-refractivity contribution >= 4 is 46.5 Å². The van der Waals surface area contributed by atoms with Gasteiger partial charge in [-0.3, -0.25) is 4.57 Å². The highest BCUT2D eigenvalue weighted by molar-refractivity contribution is 6.88. The van der Waals surface area contributed by atoms with Crippen LogP contribution in [0.15, 0.2) is 134 Å². The van der Waals surface area contributed by atoms with E-state index in [0.717, 1.165) is 39.6 Å². The lowest BCUT2D eigenvalue weighted by Gasteiger charge is -2.33. The number of rotatable bonds is 6. The van der Waals surface area contributed by atoms with Crippen LogP contribution in [0.3, 0.4) is 0 Å². The number of ether oxygens (including phenoxy) is 1. The van der Waals surface area contributed by atoms with Crippen molar-refractivity contribution in [1.82, 2.24) is 14.5 Å². The highest BCUT2D eigenvalue weighted by Crippen LogP contribution is 2.40. The number of hydrogen-bond donors (Lipinski definition) is 0. The normalized spacial score (nSPS) is 15.9. The van der Waals surface area contributed by atoms with E-state index in [1.54, 1.807) is 0 Å². The second-order valence-corrected chi connectivity index (χ2v) is 18.6. The zero-order valence-corrected chi connectivity index (χ0v) is 28.5. The predicted octanol–water partition coefficient (Wildman–Crippen LogP) is 9.66. The Balaban J connectivity index is 1.18. The molecule has 0 saturated heterocycles. The standard InChI is InChI=1S/C41H38N4OSi/c1-28-12-10-13-29(2)41(28)44-27-38(43-23-9-8-18-40(43)44)30-14-11-15-31(24-30)46-32-19-20-35-34-16-6-7-17-36(34)45(37(35)25-32)39-26-33(21-22-42-39)47(3,4)5/h6-27,40H,1-5H3. The smallest absolute Gasteiger partial charge is 0.137 e. The molecule has 2 aromatic heterocycles. The molecule has 4 heterocycles. The molecule has 0 radical (unpaired) electrons. The summed E-state index contributed by atoms with van der Waals surface area (Å²) in [5.41, 5.74) is 8.22. The highest BCUT2D eigenvalue weighted by Gasteiger charge is 2.33. The molecule has 6 aromatic rings. The van der Waals surface area contributed by atoms with Gasteiger partial charge in [0.2, 0.25) is 0 Å². The number of aryl methyl sites for hydroxylation is 2. The van der Waals surface area contributed by atoms with E-state index in [-0.39, 0.29) is 6.17 Å². The van der Waals surface area contributed by atoms with E-state index < -0.39 is 8.07 Å². The Morgan fingerprint density at radius 1 is 0.702 bits per heavy atom. The second-order valence-electron chi connectivity index (χ2n) is 13.5. The molecule has 1 atom stereocenters. The summed E-state index contributed by atoms with van der Waals surface area (Å²) in [4.78, 5) is 9.57. The zero-order valence-electron chi connectivity index (χ0n) is 27.5. The first-order valence-corrected chi connectivity index (χ1v) is 19.7. The van der Waals surface area contributed by atoms with Gasteiger partial charge in [0.05, 0.1) is 24.8 Å². The summed E-state index contributed by atoms with van der Waals surface area (Å²) in [7, 11) is -1.53. The molecule has 0 bridgehead atoms. The summed E-state index contributed by atoms with van der Waals surface area (Å²) in [5.74, 6) is 2.52. The van der Waals surface area contributed by atoms with E-state index in [9.17, 15) is 0 Å². The van der Waals surface area contributed by atoms with Crippen LogP contribution in [0.2, 0.25) is 19.6 Å². The zero-order chi connectivity index (χ0) is 32.3. The summed E-state index contributed by atoms with van der Waals surface area (Å²) in [6.45, 7) is 11.5. The molecule has 1 unspecified atom stereocenters. The van der Waals surface area contributed by atoms with Crippen LogP contribution in [0.5, 0.6) is 11.5 Å². The number of anilines is 1. The topological polar surface area (TPSA) is 33.5 Å². The molecule has 0 spiro atoms. The van der Waals surface area contributed by atoms with Crippen LogP contribution in [0.4, 0.5) is 5.69 Å². The minimum Gasteiger partial charge on any atom is -0.457 e. The first-order valence-electron chi connectivity index (χ1n) is 16.2. The quantitative estimate of drug-likeness (QED) is 0.172. The summed E-state index contributed by atoms with van der Waals surface area (Å²) >= 11 is 0. The molecule has 5 nitrogen and oxygen atoms in total. The molecule has 0 aliphatic carbocycles. The van der Waals surface area contributed by atoms with E-state index >= 15 is 0 Å². The SMILES string of the molecule is Cc1cccc(C)c1N1C=C(c2cccc(Oc3ccc4c5ccccc5n(-c5cc([Si](C)(C)C)ccn5)c4c3)c2)N2C=CC=CC21. The second kappa shape index (κ2) is 11.2. The van der Waals surface area contributed by atoms with Gasteiger partial charge in [-0.15, -0.1) is 0 Å². The van der Waals surface area contributed by atoms with Crippen molar-refractivity contribution in [3.8, 4) is 17.3 Å². The highest BCUT2D eigenvalue weighted by atomic mass is 28.3. The van der Waals surface area contributed by atoms with Gasteiger partial charge in [-0.05, 0) is 79.6 Å². The van der Waals surface area contributed by atoms with E-state index in [2.05, 4.69) is 169 Å². The lowest BCUT2D eigenvalue weighted by molar-refractivity contribution is 0.469. The summed E-state index contributed by atoms with van der Waals surface area (Å²) in [5, 5.41) is 3.77. The third-order valence-electron chi connectivity index (χ3n) is 9.30. The Hall–Kier alpha value is -5.33. The average molecular weight is 631 g/mol. The maximum absolute atomic E-state index is 6.62. The maximum Gasteiger partial charge on any atom is 0.137 e. The van der Waals surface area contributed by atoms with Crippen molar-refractivity contribution in [2.75, 3.05) is 4.90 Å². The van der Waals surface area contributed by atoms with Gasteiger partial charge < -0.3 is 14.5 Å². The van der Waals surface area contributed by atoms with Gasteiger partial charge in [-0.1, -0.05) is 79.4 Å². The van der Waals surface area contributed by atoms with E-state index in [1.807, 2.05) is 12.3 Å². The van der Waals surface area contributed by atoms with Crippen LogP contribution >= 0.6 is 0 Å². The molecule has 4 aromatic carbocycles. The number of pyridine rings is 1. The van der Waals surface area contributed by atoms with Crippen LogP contribution in [-0.2, 0) is 0 Å². The van der Waals surface area contributed by atoms with Crippen molar-refractivity contribution < 1.29 is 4.74 Å². The molecule has 6 heteroatoms. The van der Waals surface area contributed by atoms with Gasteiger partial charge in [0.15, 0.2) is 0 Å². The van der Waals surface area contributed by atoms with Gasteiger partial charge >= 0.3 is 0 Å². The van der Waals surface area contributed by atoms with Gasteiger partial charge in [0, 0.05) is 46.7 Å². The van der Waals surface area contributed by atoms with E-state index in [1.165, 1.54) is 32.8 Å². The minimum atomic E-state index is -1.53. The first-order chi connectivity index (χ1) is 22.8. The third kappa shape index (κ3) is 5.06. The van der Waals surface area contributed by atoms with Crippen molar-refractivity contribution in [2.24, 2.45) is 0 Å². The molecule has 0 saturated carbocycles. The van der Waals surface area contributed by atoms with Crippen LogP contribution in [0.1, 0.15) is 16.7 Å². The number of para-hydroxylation sites is 2. The van der Waals surface area contributed by atoms with E-state index in [0.29, 0.717) is 0 Å². The predicted molar refractivity (Wildman–Crippen MR) is 198 cm³/mol. The fourth-order valence-corrected chi connectivity index (χ4v) is 8.10. The van der Waals surface area contributed by atoms with Gasteiger partial charge in [-0.25, -0.2) is 4.98 Å². The molecular formula is C41H38N4OSi. The fraction of sp³-hybridized carbons (Fsp3) is 0.146. The van der Waals surface area contributed by atoms with E-state index in [4.69, 9.17) is 9.72 Å². The van der Waals surface area contributed by atoms with Crippen LogP contribution in [-0.4, -0.2) is 28.7 Å². The number of fused-ring (bicyclic) bond motifs is 4. The monoisotopic (exact) mass is 630 g/mol. The Bertz CT molecular complexity index is 2250. The molecule has 0 amide bonds. The first kappa shape index (κ1) is 29.1. The van der Waals surface area contributed by atoms with Gasteiger partial charge in [0.25, 0.3) is 0 Å². The minimum absolute atomic E-state index is 0.0803. The number of benzene rings is 4. The Kier molecular flexibility index (Phi) is 6.92. The van der Waals surface area contributed by atoms with Crippen molar-refractivity contribution in [3.63, 3.8) is 0 Å². The largest absolute Gasteiger partial charge is 0.457 e. The van der Waals surface area contributed by atoms with Crippen molar-refractivity contribution in [3.05, 3.63) is 151 Å². The molecule has 232 valence electrons. The number of allylic oxidation sites excluding steroid dienone is 2. The lowest BCUT2D eigenvalue weighted by atomic mass is 10.1. The maximum atomic E-state index is 6.62. The molecule has 0 fully saturated rings. The average Bonchev–Trinajstić information content (AvgIpc) is 3.61. The number of nitrogens with zero attached hydrogens (tertiary/aromatic N) is 4. The summed E-state index contributed by atoms with van der Waals surface area (Å²) in [6, 6.07) is 34.3. The third-order valence-corrected chi connectivity index (χ3v) is 11.3.